The molecule has 4 saturated heterocycles. The molecule has 0 saturated carbocycles. The van der Waals surface area contributed by atoms with Crippen LogP contribution in [-0.4, -0.2) is 83.6 Å². The quantitative estimate of drug-likeness (QED) is 0.471. The van der Waals surface area contributed by atoms with Gasteiger partial charge in [0.1, 0.15) is 12.1 Å². The number of hydroxylamine groups is 3. The zero-order chi connectivity index (χ0) is 19.2. The van der Waals surface area contributed by atoms with Crippen LogP contribution in [0.25, 0.3) is 0 Å². The Morgan fingerprint density at radius 2 is 1.96 bits per heavy atom. The first-order valence-electron chi connectivity index (χ1n) is 9.30. The van der Waals surface area contributed by atoms with Crippen molar-refractivity contribution in [3.05, 3.63) is 0 Å². The Balaban J connectivity index is 1.34. The summed E-state index contributed by atoms with van der Waals surface area (Å²) in [6, 6.07) is -1.71. The Morgan fingerprint density at radius 3 is 2.74 bits per heavy atom. The van der Waals surface area contributed by atoms with Crippen LogP contribution in [0.3, 0.4) is 0 Å². The van der Waals surface area contributed by atoms with E-state index in [1.165, 1.54) is 11.3 Å². The molecule has 0 spiro atoms. The number of rotatable bonds is 5. The van der Waals surface area contributed by atoms with Gasteiger partial charge in [0.05, 0.1) is 6.04 Å². The van der Waals surface area contributed by atoms with Crippen molar-refractivity contribution in [2.45, 2.75) is 62.8 Å². The lowest BCUT2D eigenvalue weighted by atomic mass is 10.0. The van der Waals surface area contributed by atoms with Gasteiger partial charge in [0.2, 0.25) is 0 Å². The summed E-state index contributed by atoms with van der Waals surface area (Å²) in [6.07, 6.45) is 4.95. The Hall–Kier alpha value is -1.47. The lowest BCUT2D eigenvalue weighted by molar-refractivity contribution is -0.145. The van der Waals surface area contributed by atoms with Crippen molar-refractivity contribution in [1.82, 2.24) is 20.3 Å². The van der Waals surface area contributed by atoms with E-state index in [1.807, 2.05) is 0 Å². The molecule has 12 heteroatoms. The zero-order valence-corrected chi connectivity index (χ0v) is 15.6. The van der Waals surface area contributed by atoms with Crippen LogP contribution in [-0.2, 0) is 24.3 Å². The number of fused-ring (bicyclic) bond motifs is 3. The molecule has 2 bridgehead atoms. The number of carbonyl (C=O) groups excluding carboxylic acids is 2. The van der Waals surface area contributed by atoms with Crippen molar-refractivity contribution in [3.8, 4) is 0 Å². The van der Waals surface area contributed by atoms with Crippen molar-refractivity contribution in [3.63, 3.8) is 0 Å². The molecule has 0 aromatic rings. The van der Waals surface area contributed by atoms with Crippen LogP contribution in [0.4, 0.5) is 4.79 Å². The first kappa shape index (κ1) is 18.9. The predicted octanol–water partition coefficient (Wildman–Crippen LogP) is -0.336. The van der Waals surface area contributed by atoms with E-state index < -0.39 is 34.4 Å². The molecule has 4 fully saturated rings. The average molecular weight is 404 g/mol. The van der Waals surface area contributed by atoms with Gasteiger partial charge < -0.3 is 4.90 Å². The highest BCUT2D eigenvalue weighted by atomic mass is 32.3. The van der Waals surface area contributed by atoms with E-state index in [-0.39, 0.29) is 12.6 Å². The largest absolute Gasteiger partial charge is 0.418 e. The van der Waals surface area contributed by atoms with Crippen LogP contribution in [0.2, 0.25) is 0 Å². The van der Waals surface area contributed by atoms with Crippen LogP contribution >= 0.6 is 0 Å². The minimum Gasteiger partial charge on any atom is -0.309 e. The second-order valence-electron chi connectivity index (χ2n) is 7.52. The molecule has 4 aliphatic rings. The molecule has 0 aromatic heterocycles. The third kappa shape index (κ3) is 3.76. The van der Waals surface area contributed by atoms with E-state index >= 15 is 0 Å². The second-order valence-corrected chi connectivity index (χ2v) is 8.52. The summed E-state index contributed by atoms with van der Waals surface area (Å²) in [6.45, 7) is 2.18. The summed E-state index contributed by atoms with van der Waals surface area (Å²) in [4.78, 5) is 34.2. The number of hydrogen-bond donors (Lipinski definition) is 2. The fourth-order valence-electron chi connectivity index (χ4n) is 4.64. The average Bonchev–Trinajstić information content (AvgIpc) is 3.14. The highest BCUT2D eigenvalue weighted by Gasteiger charge is 2.49. The second kappa shape index (κ2) is 7.17. The van der Waals surface area contributed by atoms with Gasteiger partial charge in [-0.3, -0.25) is 19.1 Å². The van der Waals surface area contributed by atoms with E-state index in [0.29, 0.717) is 23.9 Å². The first-order chi connectivity index (χ1) is 12.8. The van der Waals surface area contributed by atoms with Gasteiger partial charge in [0.15, 0.2) is 0 Å². The molecule has 3 amide bonds. The third-order valence-electron chi connectivity index (χ3n) is 5.91. The zero-order valence-electron chi connectivity index (χ0n) is 14.8. The molecule has 0 aromatic carbocycles. The van der Waals surface area contributed by atoms with Gasteiger partial charge in [-0.2, -0.15) is 13.5 Å². The van der Waals surface area contributed by atoms with Gasteiger partial charge in [0, 0.05) is 19.1 Å². The maximum atomic E-state index is 12.6. The Labute approximate surface area is 157 Å². The molecular weight excluding hydrogens is 380 g/mol. The molecule has 2 N–H and O–H groups in total. The molecule has 2 unspecified atom stereocenters. The monoisotopic (exact) mass is 404 g/mol. The van der Waals surface area contributed by atoms with Crippen LogP contribution in [0.5, 0.6) is 0 Å². The summed E-state index contributed by atoms with van der Waals surface area (Å²) >= 11 is 0. The molecule has 0 aliphatic carbocycles. The highest BCUT2D eigenvalue weighted by Crippen LogP contribution is 2.31. The molecule has 11 nitrogen and oxygen atoms in total. The number of hydrogen-bond acceptors (Lipinski definition) is 7. The lowest BCUT2D eigenvalue weighted by Gasteiger charge is -2.33. The summed E-state index contributed by atoms with van der Waals surface area (Å²) in [5, 5.41) is 0.625. The normalized spacial score (nSPS) is 34.0. The molecule has 4 rings (SSSR count). The summed E-state index contributed by atoms with van der Waals surface area (Å²) < 4.78 is 35.0. The molecule has 0 radical (unpaired) electrons. The van der Waals surface area contributed by atoms with Gasteiger partial charge in [-0.1, -0.05) is 6.42 Å². The molecular formula is C15H24N4O7S. The van der Waals surface area contributed by atoms with Crippen molar-refractivity contribution in [2.24, 2.45) is 0 Å². The van der Waals surface area contributed by atoms with E-state index in [9.17, 15) is 18.0 Å². The Kier molecular flexibility index (Phi) is 5.01. The smallest absolute Gasteiger partial charge is 0.309 e. The number of piperidine rings is 2. The minimum absolute atomic E-state index is 0.0563. The first-order valence-corrected chi connectivity index (χ1v) is 10.7. The van der Waals surface area contributed by atoms with Crippen LogP contribution in [0.15, 0.2) is 0 Å². The standard InChI is InChI=1S/C15H24N4O7S/c20-14(16-25-13-6-8-17-7-2-1-3-11(13)17)12-5-4-10-9-18(12)15(21)19(10)26-27(22,23)24/h10-13H,1-9H2,(H,16,20)(H,22,23,24)/t10-,11?,12+,13?/m1/s1. The van der Waals surface area contributed by atoms with E-state index in [1.54, 1.807) is 0 Å². The van der Waals surface area contributed by atoms with E-state index in [0.717, 1.165) is 32.4 Å². The highest BCUT2D eigenvalue weighted by molar-refractivity contribution is 7.80. The van der Waals surface area contributed by atoms with E-state index in [2.05, 4.69) is 14.7 Å². The third-order valence-corrected chi connectivity index (χ3v) is 6.25. The van der Waals surface area contributed by atoms with Crippen molar-refractivity contribution >= 4 is 22.3 Å². The Morgan fingerprint density at radius 1 is 1.15 bits per heavy atom. The van der Waals surface area contributed by atoms with E-state index in [4.69, 9.17) is 9.39 Å². The number of nitrogens with zero attached hydrogens (tertiary/aromatic N) is 3. The van der Waals surface area contributed by atoms with Crippen molar-refractivity contribution in [1.29, 1.82) is 0 Å². The van der Waals surface area contributed by atoms with Crippen LogP contribution in [0.1, 0.15) is 38.5 Å². The summed E-state index contributed by atoms with van der Waals surface area (Å²) in [5.41, 5.74) is 2.51. The fourth-order valence-corrected chi connectivity index (χ4v) is 5.03. The predicted molar refractivity (Wildman–Crippen MR) is 90.2 cm³/mol. The fraction of sp³-hybridized carbons (Fsp3) is 0.867. The molecule has 27 heavy (non-hydrogen) atoms. The van der Waals surface area contributed by atoms with Gasteiger partial charge in [-0.05, 0) is 38.6 Å². The van der Waals surface area contributed by atoms with Crippen LogP contribution in [0, 0.1) is 0 Å². The summed E-state index contributed by atoms with van der Waals surface area (Å²) in [5.74, 6) is -0.426. The number of carbonyl (C=O) groups is 2. The molecule has 4 heterocycles. The summed E-state index contributed by atoms with van der Waals surface area (Å²) in [7, 11) is -4.80. The Bertz CT molecular complexity index is 717. The van der Waals surface area contributed by atoms with Crippen LogP contribution < -0.4 is 5.48 Å². The topological polar surface area (TPSA) is 129 Å². The maximum absolute atomic E-state index is 12.6. The molecule has 4 aliphatic heterocycles. The van der Waals surface area contributed by atoms with Gasteiger partial charge in [0.25, 0.3) is 5.91 Å². The van der Waals surface area contributed by atoms with Gasteiger partial charge >= 0.3 is 16.4 Å². The SMILES string of the molecule is O=C(NOC1CCN2CCCCC12)[C@@H]1CC[C@@H]2CN1C(=O)N2OS(=O)(=O)O. The molecule has 4 atom stereocenters. The maximum Gasteiger partial charge on any atom is 0.418 e. The lowest BCUT2D eigenvalue weighted by Crippen LogP contribution is -2.51. The van der Waals surface area contributed by atoms with Gasteiger partial charge in [-0.15, -0.1) is 4.28 Å². The molecule has 152 valence electrons. The van der Waals surface area contributed by atoms with Crippen molar-refractivity contribution in [2.75, 3.05) is 19.6 Å². The van der Waals surface area contributed by atoms with Gasteiger partial charge in [-0.25, -0.2) is 10.3 Å². The minimum atomic E-state index is -4.80. The number of amides is 3. The number of urea groups is 1. The number of nitrogens with one attached hydrogen (secondary N) is 1. The van der Waals surface area contributed by atoms with Crippen molar-refractivity contribution < 1.29 is 31.7 Å².